The Morgan fingerprint density at radius 3 is 2.47 bits per heavy atom. The Morgan fingerprint density at radius 2 is 1.91 bits per heavy atom. The molecule has 10 nitrogen and oxygen atoms in total. The molecule has 5 N–H and O–H groups in total. The number of ether oxygens (including phenoxy) is 2. The Labute approximate surface area is 202 Å². The number of rotatable bonds is 10. The van der Waals surface area contributed by atoms with E-state index in [-0.39, 0.29) is 43.1 Å². The Hall–Kier alpha value is -2.88. The van der Waals surface area contributed by atoms with E-state index in [1.165, 1.54) is 6.08 Å². The largest absolute Gasteiger partial charge is 0.444 e. The van der Waals surface area contributed by atoms with E-state index in [0.717, 1.165) is 0 Å². The number of nitrogens with two attached hydrogens (primary N) is 1. The number of nitrogens with zero attached hydrogens (tertiary/aromatic N) is 1. The summed E-state index contributed by atoms with van der Waals surface area (Å²) in [5, 5.41) is 12.7. The zero-order chi connectivity index (χ0) is 26.1. The minimum atomic E-state index is -0.859. The number of amides is 3. The number of nitrogens with one attached hydrogen (secondary N) is 3. The van der Waals surface area contributed by atoms with Crippen molar-refractivity contribution in [1.82, 2.24) is 15.5 Å². The highest BCUT2D eigenvalue weighted by atomic mass is 16.6. The van der Waals surface area contributed by atoms with Crippen LogP contribution in [0.5, 0.6) is 0 Å². The maximum Gasteiger partial charge on any atom is 0.407 e. The van der Waals surface area contributed by atoms with Crippen molar-refractivity contribution in [3.8, 4) is 0 Å². The van der Waals surface area contributed by atoms with Gasteiger partial charge in [-0.2, -0.15) is 0 Å². The molecule has 0 saturated carbocycles. The predicted molar refractivity (Wildman–Crippen MR) is 131 cm³/mol. The minimum Gasteiger partial charge on any atom is -0.444 e. The Kier molecular flexibility index (Phi) is 10.8. The average Bonchev–Trinajstić information content (AvgIpc) is 2.87. The molecule has 1 heterocycles. The topological polar surface area (TPSA) is 147 Å². The number of carbonyl (C=O) groups is 3. The van der Waals surface area contributed by atoms with E-state index < -0.39 is 29.6 Å². The van der Waals surface area contributed by atoms with Crippen molar-refractivity contribution in [3.05, 3.63) is 24.3 Å². The van der Waals surface area contributed by atoms with Crippen LogP contribution in [-0.2, 0) is 19.1 Å². The fraction of sp³-hybridized carbons (Fsp3) is 0.667. The SMILES string of the molecule is C/C=C\C=C\C(=O)N1[C@H](C)[C@@H](C[C@H](CC(=O)NCCC(=N)N)NC(=O)OC(C)(C)C)OC1(C)C. The molecule has 0 aliphatic carbocycles. The number of allylic oxidation sites excluding steroid dienone is 3. The van der Waals surface area contributed by atoms with Gasteiger partial charge < -0.3 is 30.7 Å². The van der Waals surface area contributed by atoms with Gasteiger partial charge in [-0.1, -0.05) is 18.2 Å². The Balaban J connectivity index is 2.97. The zero-order valence-corrected chi connectivity index (χ0v) is 21.4. The molecule has 192 valence electrons. The molecular weight excluding hydrogens is 438 g/mol. The molecule has 1 fully saturated rings. The van der Waals surface area contributed by atoms with E-state index in [0.29, 0.717) is 6.42 Å². The maximum atomic E-state index is 12.8. The summed E-state index contributed by atoms with van der Waals surface area (Å²) in [4.78, 5) is 39.4. The third-order valence-corrected chi connectivity index (χ3v) is 5.13. The molecular formula is C24H41N5O5. The highest BCUT2D eigenvalue weighted by Crippen LogP contribution is 2.34. The third kappa shape index (κ3) is 9.94. The first-order valence-electron chi connectivity index (χ1n) is 11.6. The second-order valence-electron chi connectivity index (χ2n) is 9.84. The average molecular weight is 480 g/mol. The van der Waals surface area contributed by atoms with Crippen LogP contribution in [-0.4, -0.2) is 64.7 Å². The fourth-order valence-corrected chi connectivity index (χ4v) is 3.80. The van der Waals surface area contributed by atoms with Crippen LogP contribution >= 0.6 is 0 Å². The second kappa shape index (κ2) is 12.5. The summed E-state index contributed by atoms with van der Waals surface area (Å²) < 4.78 is 11.6. The highest BCUT2D eigenvalue weighted by molar-refractivity contribution is 5.89. The first-order valence-corrected chi connectivity index (χ1v) is 11.6. The van der Waals surface area contributed by atoms with Gasteiger partial charge in [-0.15, -0.1) is 0 Å². The van der Waals surface area contributed by atoms with Gasteiger partial charge in [-0.05, 0) is 54.9 Å². The lowest BCUT2D eigenvalue weighted by Gasteiger charge is -2.31. The quantitative estimate of drug-likeness (QED) is 0.164. The first-order chi connectivity index (χ1) is 15.7. The number of hydrogen-bond donors (Lipinski definition) is 4. The normalized spacial score (nSPS) is 21.0. The molecule has 1 aliphatic heterocycles. The summed E-state index contributed by atoms with van der Waals surface area (Å²) in [6.45, 7) is 12.9. The monoisotopic (exact) mass is 479 g/mol. The van der Waals surface area contributed by atoms with E-state index in [4.69, 9.17) is 20.6 Å². The van der Waals surface area contributed by atoms with Crippen molar-refractivity contribution >= 4 is 23.7 Å². The standard InChI is InChI=1S/C24H41N5O5/c1-8-9-10-11-21(31)29-16(2)18(33-24(29,6)7)14-17(28-22(32)34-23(3,4)5)15-20(30)27-13-12-19(25)26/h8-11,16-18H,12-15H2,1-7H3,(H3,25,26)(H,27,30)(H,28,32)/b9-8-,11-10+/t16-,17-,18-/m1/s1. The van der Waals surface area contributed by atoms with Crippen LogP contribution in [0.25, 0.3) is 0 Å². The van der Waals surface area contributed by atoms with Crippen molar-refractivity contribution < 1.29 is 23.9 Å². The smallest absolute Gasteiger partial charge is 0.407 e. The van der Waals surface area contributed by atoms with Crippen molar-refractivity contribution in [2.75, 3.05) is 6.54 Å². The molecule has 0 aromatic carbocycles. The van der Waals surface area contributed by atoms with Gasteiger partial charge in [0.2, 0.25) is 11.8 Å². The molecule has 34 heavy (non-hydrogen) atoms. The Morgan fingerprint density at radius 1 is 1.26 bits per heavy atom. The van der Waals surface area contributed by atoms with E-state index >= 15 is 0 Å². The summed E-state index contributed by atoms with van der Waals surface area (Å²) in [5.41, 5.74) is 3.78. The summed E-state index contributed by atoms with van der Waals surface area (Å²) in [5.74, 6) is -0.501. The fourth-order valence-electron chi connectivity index (χ4n) is 3.80. The molecule has 0 aromatic rings. The maximum absolute atomic E-state index is 12.8. The second-order valence-corrected chi connectivity index (χ2v) is 9.84. The van der Waals surface area contributed by atoms with Gasteiger partial charge >= 0.3 is 6.09 Å². The predicted octanol–water partition coefficient (Wildman–Crippen LogP) is 2.59. The van der Waals surface area contributed by atoms with Crippen LogP contribution < -0.4 is 16.4 Å². The van der Waals surface area contributed by atoms with Gasteiger partial charge in [0.15, 0.2) is 0 Å². The molecule has 1 rings (SSSR count). The lowest BCUT2D eigenvalue weighted by atomic mass is 10.0. The number of hydrogen-bond acceptors (Lipinski definition) is 6. The van der Waals surface area contributed by atoms with Gasteiger partial charge in [0.05, 0.1) is 18.0 Å². The third-order valence-electron chi connectivity index (χ3n) is 5.13. The zero-order valence-electron chi connectivity index (χ0n) is 21.4. The van der Waals surface area contributed by atoms with Gasteiger partial charge in [-0.25, -0.2) is 4.79 Å². The molecule has 0 unspecified atom stereocenters. The molecule has 0 bridgehead atoms. The van der Waals surface area contributed by atoms with Gasteiger partial charge in [0, 0.05) is 31.5 Å². The number of amidine groups is 1. The van der Waals surface area contributed by atoms with E-state index in [2.05, 4.69) is 10.6 Å². The van der Waals surface area contributed by atoms with Gasteiger partial charge in [0.1, 0.15) is 11.3 Å². The lowest BCUT2D eigenvalue weighted by molar-refractivity contribution is -0.141. The molecule has 0 radical (unpaired) electrons. The summed E-state index contributed by atoms with van der Waals surface area (Å²) in [6.07, 6.45) is 6.24. The van der Waals surface area contributed by atoms with Crippen LogP contribution in [0.2, 0.25) is 0 Å². The molecule has 0 aromatic heterocycles. The molecule has 1 aliphatic rings. The van der Waals surface area contributed by atoms with E-state index in [9.17, 15) is 14.4 Å². The molecule has 0 spiro atoms. The molecule has 3 amide bonds. The van der Waals surface area contributed by atoms with Crippen molar-refractivity contribution in [2.24, 2.45) is 5.73 Å². The van der Waals surface area contributed by atoms with Gasteiger partial charge in [0.25, 0.3) is 0 Å². The summed E-state index contributed by atoms with van der Waals surface area (Å²) >= 11 is 0. The molecule has 1 saturated heterocycles. The van der Waals surface area contributed by atoms with Crippen molar-refractivity contribution in [2.45, 2.75) is 97.2 Å². The van der Waals surface area contributed by atoms with Crippen LogP contribution in [0.15, 0.2) is 24.3 Å². The summed E-state index contributed by atoms with van der Waals surface area (Å²) in [6, 6.07) is -0.884. The Bertz CT molecular complexity index is 800. The van der Waals surface area contributed by atoms with Gasteiger partial charge in [-0.3, -0.25) is 15.0 Å². The van der Waals surface area contributed by atoms with Crippen LogP contribution in [0.3, 0.4) is 0 Å². The lowest BCUT2D eigenvalue weighted by Crippen LogP contribution is -2.47. The highest BCUT2D eigenvalue weighted by Gasteiger charge is 2.47. The van der Waals surface area contributed by atoms with Crippen molar-refractivity contribution in [1.29, 1.82) is 5.41 Å². The van der Waals surface area contributed by atoms with E-state index in [1.54, 1.807) is 37.8 Å². The first kappa shape index (κ1) is 29.2. The minimum absolute atomic E-state index is 0.0146. The molecule has 10 heteroatoms. The molecule has 3 atom stereocenters. The van der Waals surface area contributed by atoms with E-state index in [1.807, 2.05) is 33.8 Å². The number of alkyl carbamates (subject to hydrolysis) is 1. The van der Waals surface area contributed by atoms with Crippen molar-refractivity contribution in [3.63, 3.8) is 0 Å². The summed E-state index contributed by atoms with van der Waals surface area (Å²) in [7, 11) is 0. The van der Waals surface area contributed by atoms with Crippen LogP contribution in [0, 0.1) is 5.41 Å². The van der Waals surface area contributed by atoms with Crippen LogP contribution in [0.4, 0.5) is 4.79 Å². The van der Waals surface area contributed by atoms with Crippen LogP contribution in [0.1, 0.15) is 67.7 Å². The number of carbonyl (C=O) groups excluding carboxylic acids is 3.